The molecule has 0 aliphatic heterocycles. The maximum Gasteiger partial charge on any atom is 0.248 e. The number of phenols is 8. The van der Waals surface area contributed by atoms with Gasteiger partial charge in [-0.3, -0.25) is 9.15 Å². The third-order valence-corrected chi connectivity index (χ3v) is 12.6. The van der Waals surface area contributed by atoms with E-state index in [1.807, 2.05) is 109 Å². The van der Waals surface area contributed by atoms with Gasteiger partial charge in [-0.2, -0.15) is 0 Å². The standard InChI is InChI=1S/C51H28N4O10/c56-39-31(40(57)33-35-38-48(46(63)44(61)42(35)59)65-64-47-37-34(32(39)36(33)55(37)38)41(58)43(60)45(47)62)23-15-17-27-28-18-16-24(20-30(28)26-14-8-7-13-25(26)29(27)19-23)51-53-49(21-9-3-1-4-10-21)52-50(54-51)22-11-5-2-6-12-22/h1-20,56-63H. The van der Waals surface area contributed by atoms with Crippen LogP contribution in [0.25, 0.3) is 127 Å². The van der Waals surface area contributed by atoms with Gasteiger partial charge < -0.3 is 45.3 Å². The molecule has 0 atom stereocenters. The fourth-order valence-corrected chi connectivity index (χ4v) is 9.70. The van der Waals surface area contributed by atoms with Crippen LogP contribution in [0.3, 0.4) is 0 Å². The van der Waals surface area contributed by atoms with Gasteiger partial charge in [0, 0.05) is 16.7 Å². The van der Waals surface area contributed by atoms with E-state index in [4.69, 9.17) is 24.1 Å². The first kappa shape index (κ1) is 36.2. The summed E-state index contributed by atoms with van der Waals surface area (Å²) in [6, 6.07) is 38.8. The Labute approximate surface area is 362 Å². The summed E-state index contributed by atoms with van der Waals surface area (Å²) in [6.07, 6.45) is 0. The van der Waals surface area contributed by atoms with Gasteiger partial charge >= 0.3 is 0 Å². The van der Waals surface area contributed by atoms with E-state index in [1.165, 1.54) is 4.40 Å². The SMILES string of the molecule is Oc1c(O)c2ooc3c(O)c(O)c(O)c4c5c(O)c(-c6ccc7c8ccc(-c9nc(-c%10ccccc%10)nc(-c%10ccccc%10)n9)cc8c8ccccc8c7c6)c(O)c6c(c1O)c2n(c34)c65. The molecule has 4 aromatic heterocycles. The molecule has 0 saturated carbocycles. The summed E-state index contributed by atoms with van der Waals surface area (Å²) >= 11 is 0. The highest BCUT2D eigenvalue weighted by molar-refractivity contribution is 6.35. The van der Waals surface area contributed by atoms with Gasteiger partial charge in [-0.05, 0) is 50.0 Å². The summed E-state index contributed by atoms with van der Waals surface area (Å²) in [4.78, 5) is 14.8. The molecule has 14 heteroatoms. The second-order valence-electron chi connectivity index (χ2n) is 16.0. The lowest BCUT2D eigenvalue weighted by atomic mass is 9.90. The highest BCUT2D eigenvalue weighted by Gasteiger charge is 2.37. The molecule has 8 N–H and O–H groups in total. The van der Waals surface area contributed by atoms with Crippen molar-refractivity contribution >= 4 is 81.6 Å². The van der Waals surface area contributed by atoms with Gasteiger partial charge in [-0.1, -0.05) is 109 Å². The first-order valence-corrected chi connectivity index (χ1v) is 20.3. The van der Waals surface area contributed by atoms with E-state index in [9.17, 15) is 40.9 Å². The van der Waals surface area contributed by atoms with Crippen molar-refractivity contribution in [3.8, 4) is 91.3 Å². The molecule has 0 aliphatic carbocycles. The van der Waals surface area contributed by atoms with Crippen molar-refractivity contribution in [1.82, 2.24) is 19.4 Å². The van der Waals surface area contributed by atoms with E-state index >= 15 is 0 Å². The van der Waals surface area contributed by atoms with Gasteiger partial charge in [-0.15, -0.1) is 0 Å². The highest BCUT2D eigenvalue weighted by atomic mass is 17.0. The van der Waals surface area contributed by atoms with Gasteiger partial charge in [0.2, 0.25) is 34.2 Å². The summed E-state index contributed by atoms with van der Waals surface area (Å²) < 4.78 is 12.1. The van der Waals surface area contributed by atoms with Crippen LogP contribution in [0.5, 0.6) is 46.0 Å². The number of rotatable bonds is 4. The van der Waals surface area contributed by atoms with Crippen LogP contribution in [0, 0.1) is 0 Å². The number of hydrogen-bond acceptors (Lipinski definition) is 13. The molecule has 0 bridgehead atoms. The zero-order valence-corrected chi connectivity index (χ0v) is 33.2. The molecule has 0 amide bonds. The Morgan fingerprint density at radius 1 is 0.323 bits per heavy atom. The lowest BCUT2D eigenvalue weighted by molar-refractivity contribution is 0.0873. The van der Waals surface area contributed by atoms with Crippen LogP contribution in [-0.4, -0.2) is 60.2 Å². The molecule has 0 spiro atoms. The molecule has 13 rings (SSSR count). The number of fused-ring (bicyclic) bond motifs is 8. The number of nitrogens with zero attached hydrogens (tertiary/aromatic N) is 4. The predicted molar refractivity (Wildman–Crippen MR) is 244 cm³/mol. The van der Waals surface area contributed by atoms with E-state index in [0.29, 0.717) is 23.0 Å². The van der Waals surface area contributed by atoms with Crippen LogP contribution in [-0.2, 0) is 0 Å². The van der Waals surface area contributed by atoms with Crippen LogP contribution >= 0.6 is 0 Å². The van der Waals surface area contributed by atoms with Crippen LogP contribution in [0.15, 0.2) is 130 Å². The summed E-state index contributed by atoms with van der Waals surface area (Å²) in [5.41, 5.74) is 1.35. The van der Waals surface area contributed by atoms with E-state index in [0.717, 1.165) is 49.0 Å². The topological polar surface area (TPSA) is 231 Å². The molecular formula is C51H28N4O10. The normalized spacial score (nSPS) is 12.2. The molecule has 13 aromatic rings. The van der Waals surface area contributed by atoms with Gasteiger partial charge in [-0.25, -0.2) is 15.0 Å². The Morgan fingerprint density at radius 3 is 1.18 bits per heavy atom. The first-order chi connectivity index (χ1) is 31.6. The molecule has 0 saturated heterocycles. The predicted octanol–water partition coefficient (Wildman–Crippen LogP) is 11.1. The molecular weight excluding hydrogens is 829 g/mol. The Bertz CT molecular complexity index is 4020. The maximum absolute atomic E-state index is 12.4. The molecule has 4 heterocycles. The zero-order valence-electron chi connectivity index (χ0n) is 33.2. The fraction of sp³-hybridized carbons (Fsp3) is 0. The van der Waals surface area contributed by atoms with Crippen molar-refractivity contribution in [2.24, 2.45) is 0 Å². The highest BCUT2D eigenvalue weighted by Crippen LogP contribution is 2.61. The molecule has 14 nitrogen and oxygen atoms in total. The minimum absolute atomic E-state index is 0.0102. The van der Waals surface area contributed by atoms with Crippen LogP contribution in [0.2, 0.25) is 0 Å². The molecule has 0 fully saturated rings. The van der Waals surface area contributed by atoms with E-state index in [1.54, 1.807) is 6.07 Å². The molecule has 0 aliphatic rings. The number of phenolic OH excluding ortho intramolecular Hbond substituents is 8. The summed E-state index contributed by atoms with van der Waals surface area (Å²) in [6.45, 7) is 0. The van der Waals surface area contributed by atoms with Crippen LogP contribution in [0.4, 0.5) is 0 Å². The number of aromatic hydroxyl groups is 8. The largest absolute Gasteiger partial charge is 0.506 e. The Hall–Kier alpha value is -9.43. The average Bonchev–Trinajstić information content (AvgIpc) is 3.81. The van der Waals surface area contributed by atoms with Crippen molar-refractivity contribution in [1.29, 1.82) is 0 Å². The minimum atomic E-state index is -0.997. The maximum atomic E-state index is 12.4. The molecule has 0 radical (unpaired) electrons. The van der Waals surface area contributed by atoms with Crippen molar-refractivity contribution in [2.45, 2.75) is 0 Å². The molecule has 65 heavy (non-hydrogen) atoms. The average molecular weight is 857 g/mol. The number of benzene rings is 9. The van der Waals surface area contributed by atoms with E-state index < -0.39 is 57.2 Å². The van der Waals surface area contributed by atoms with Gasteiger partial charge in [0.05, 0.1) is 32.6 Å². The first-order valence-electron chi connectivity index (χ1n) is 20.3. The van der Waals surface area contributed by atoms with Crippen molar-refractivity contribution in [2.75, 3.05) is 0 Å². The van der Waals surface area contributed by atoms with Crippen molar-refractivity contribution in [3.05, 3.63) is 121 Å². The summed E-state index contributed by atoms with van der Waals surface area (Å²) in [7, 11) is 0. The minimum Gasteiger partial charge on any atom is -0.506 e. The van der Waals surface area contributed by atoms with Crippen molar-refractivity contribution < 1.29 is 50.0 Å². The second kappa shape index (κ2) is 12.6. The Morgan fingerprint density at radius 2 is 0.708 bits per heavy atom. The van der Waals surface area contributed by atoms with Crippen LogP contribution in [0.1, 0.15) is 0 Å². The quantitative estimate of drug-likeness (QED) is 0.0468. The van der Waals surface area contributed by atoms with E-state index in [-0.39, 0.29) is 43.7 Å². The molecule has 312 valence electrons. The Balaban J connectivity index is 1.08. The van der Waals surface area contributed by atoms with Crippen LogP contribution < -0.4 is 0 Å². The fourth-order valence-electron chi connectivity index (χ4n) is 9.70. The van der Waals surface area contributed by atoms with Gasteiger partial charge in [0.25, 0.3) is 0 Å². The lowest BCUT2D eigenvalue weighted by Gasteiger charge is -2.15. The third-order valence-electron chi connectivity index (χ3n) is 12.6. The third kappa shape index (κ3) is 4.63. The monoisotopic (exact) mass is 856 g/mol. The summed E-state index contributed by atoms with van der Waals surface area (Å²) in [5.74, 6) is -5.02. The molecule has 9 aromatic carbocycles. The van der Waals surface area contributed by atoms with Gasteiger partial charge in [0.1, 0.15) is 22.5 Å². The van der Waals surface area contributed by atoms with Crippen molar-refractivity contribution in [3.63, 3.8) is 0 Å². The van der Waals surface area contributed by atoms with E-state index in [2.05, 4.69) is 6.07 Å². The Kier molecular flexibility index (Phi) is 7.02. The second-order valence-corrected chi connectivity index (χ2v) is 16.0. The van der Waals surface area contributed by atoms with Gasteiger partial charge in [0.15, 0.2) is 29.0 Å². The summed E-state index contributed by atoms with van der Waals surface area (Å²) in [5, 5.41) is 95.8. The lowest BCUT2D eigenvalue weighted by Crippen LogP contribution is -2.00. The molecule has 0 unspecified atom stereocenters. The number of aromatic nitrogens is 4. The number of hydrogen-bond donors (Lipinski definition) is 8. The smallest absolute Gasteiger partial charge is 0.248 e. The zero-order chi connectivity index (χ0) is 44.2.